The predicted octanol–water partition coefficient (Wildman–Crippen LogP) is 2.65. The third-order valence-corrected chi connectivity index (χ3v) is 4.33. The molecule has 1 saturated heterocycles. The topological polar surface area (TPSA) is 93.1 Å². The Hall–Kier alpha value is -1.64. The molecule has 0 atom stereocenters. The van der Waals surface area contributed by atoms with Crippen molar-refractivity contribution < 1.29 is 4.42 Å². The van der Waals surface area contributed by atoms with Crippen LogP contribution in [0, 0.1) is 0 Å². The average molecular weight is 418 g/mol. The minimum Gasteiger partial charge on any atom is -0.419 e. The number of fused-ring (bicyclic) bond motifs is 1. The summed E-state index contributed by atoms with van der Waals surface area (Å²) < 4.78 is 5.50. The van der Waals surface area contributed by atoms with E-state index in [0.717, 1.165) is 48.5 Å². The second-order valence-electron chi connectivity index (χ2n) is 5.64. The van der Waals surface area contributed by atoms with Gasteiger partial charge in [-0.1, -0.05) is 11.6 Å². The van der Waals surface area contributed by atoms with Gasteiger partial charge in [-0.05, 0) is 24.3 Å². The van der Waals surface area contributed by atoms with Crippen molar-refractivity contribution in [3.05, 3.63) is 35.2 Å². The third kappa shape index (κ3) is 4.02. The molecule has 0 amide bonds. The number of hydrogen-bond donors (Lipinski definition) is 2. The summed E-state index contributed by atoms with van der Waals surface area (Å²) in [7, 11) is 0. The summed E-state index contributed by atoms with van der Waals surface area (Å²) in [6, 6.07) is 7.74. The number of aromatic nitrogens is 3. The Kier molecular flexibility index (Phi) is 7.02. The van der Waals surface area contributed by atoms with Crippen LogP contribution in [0.15, 0.2) is 28.7 Å². The predicted molar refractivity (Wildman–Crippen MR) is 108 cm³/mol. The van der Waals surface area contributed by atoms with Crippen molar-refractivity contribution in [1.82, 2.24) is 20.5 Å². The van der Waals surface area contributed by atoms with Gasteiger partial charge in [0.05, 0.1) is 17.1 Å². The van der Waals surface area contributed by atoms with Crippen molar-refractivity contribution in [2.45, 2.75) is 6.54 Å². The Labute approximate surface area is 168 Å². The summed E-state index contributed by atoms with van der Waals surface area (Å²) in [4.78, 5) is 6.94. The number of anilines is 1. The van der Waals surface area contributed by atoms with Crippen LogP contribution in [0.25, 0.3) is 22.4 Å². The molecular weight excluding hydrogens is 399 g/mol. The van der Waals surface area contributed by atoms with Crippen molar-refractivity contribution in [1.29, 1.82) is 0 Å². The molecule has 0 radical (unpaired) electrons. The number of rotatable bonds is 3. The van der Waals surface area contributed by atoms with Crippen molar-refractivity contribution in [3.8, 4) is 11.5 Å². The van der Waals surface area contributed by atoms with E-state index in [-0.39, 0.29) is 31.4 Å². The number of nitrogens with two attached hydrogens (primary N) is 1. The maximum Gasteiger partial charge on any atom is 0.247 e. The molecule has 1 aliphatic rings. The molecule has 140 valence electrons. The molecule has 3 aromatic rings. The van der Waals surface area contributed by atoms with Gasteiger partial charge in [0.15, 0.2) is 0 Å². The highest BCUT2D eigenvalue weighted by molar-refractivity contribution is 6.33. The molecule has 1 aliphatic heterocycles. The summed E-state index contributed by atoms with van der Waals surface area (Å²) in [5.41, 5.74) is 7.21. The van der Waals surface area contributed by atoms with Gasteiger partial charge >= 0.3 is 0 Å². The lowest BCUT2D eigenvalue weighted by molar-refractivity contribution is 0.509. The van der Waals surface area contributed by atoms with Crippen LogP contribution in [-0.2, 0) is 6.54 Å². The molecule has 0 saturated carbocycles. The van der Waals surface area contributed by atoms with Crippen LogP contribution in [0.4, 0.5) is 5.82 Å². The molecule has 0 bridgehead atoms. The molecule has 0 spiro atoms. The molecule has 10 heteroatoms. The molecule has 7 nitrogen and oxygen atoms in total. The molecule has 4 rings (SSSR count). The summed E-state index contributed by atoms with van der Waals surface area (Å²) in [5, 5.41) is 12.8. The molecule has 1 fully saturated rings. The zero-order valence-electron chi connectivity index (χ0n) is 13.8. The smallest absolute Gasteiger partial charge is 0.247 e. The minimum atomic E-state index is 0. The largest absolute Gasteiger partial charge is 0.419 e. The quantitative estimate of drug-likeness (QED) is 0.676. The van der Waals surface area contributed by atoms with E-state index in [1.54, 1.807) is 0 Å². The molecular formula is C16H19Cl3N6O. The minimum absolute atomic E-state index is 0. The number of hydrogen-bond acceptors (Lipinski definition) is 7. The average Bonchev–Trinajstić information content (AvgIpc) is 3.10. The monoisotopic (exact) mass is 416 g/mol. The van der Waals surface area contributed by atoms with Gasteiger partial charge in [0, 0.05) is 37.1 Å². The van der Waals surface area contributed by atoms with Crippen LogP contribution in [-0.4, -0.2) is 41.4 Å². The van der Waals surface area contributed by atoms with E-state index in [1.165, 1.54) is 0 Å². The van der Waals surface area contributed by atoms with E-state index in [2.05, 4.69) is 20.4 Å². The van der Waals surface area contributed by atoms with E-state index < -0.39 is 0 Å². The van der Waals surface area contributed by atoms with Crippen LogP contribution in [0.5, 0.6) is 0 Å². The van der Waals surface area contributed by atoms with Crippen LogP contribution >= 0.6 is 36.4 Å². The van der Waals surface area contributed by atoms with Crippen LogP contribution in [0.2, 0.25) is 5.02 Å². The van der Waals surface area contributed by atoms with Gasteiger partial charge in [-0.15, -0.1) is 35.0 Å². The number of halogens is 3. The SMILES string of the molecule is Cl.Cl.NCc1nnc(-c2ccc3nc(N4CCNCC4)c(Cl)cc3c2)o1. The molecule has 3 N–H and O–H groups in total. The van der Waals surface area contributed by atoms with Crippen LogP contribution in [0.1, 0.15) is 5.89 Å². The Morgan fingerprint density at radius 3 is 2.62 bits per heavy atom. The molecule has 3 heterocycles. The number of piperazine rings is 1. The van der Waals surface area contributed by atoms with E-state index >= 15 is 0 Å². The van der Waals surface area contributed by atoms with Crippen LogP contribution in [0.3, 0.4) is 0 Å². The highest BCUT2D eigenvalue weighted by Crippen LogP contribution is 2.30. The summed E-state index contributed by atoms with van der Waals surface area (Å²) >= 11 is 6.47. The second-order valence-corrected chi connectivity index (χ2v) is 6.05. The lowest BCUT2D eigenvalue weighted by Gasteiger charge is -2.29. The fraction of sp³-hybridized carbons (Fsp3) is 0.312. The number of pyridine rings is 1. The van der Waals surface area contributed by atoms with Gasteiger partial charge in [0.1, 0.15) is 5.82 Å². The number of benzene rings is 1. The summed E-state index contributed by atoms with van der Waals surface area (Å²) in [6.45, 7) is 3.91. The summed E-state index contributed by atoms with van der Waals surface area (Å²) in [5.74, 6) is 1.69. The van der Waals surface area contributed by atoms with Gasteiger partial charge in [-0.25, -0.2) is 4.98 Å². The second kappa shape index (κ2) is 8.83. The van der Waals surface area contributed by atoms with Gasteiger partial charge in [-0.2, -0.15) is 0 Å². The first-order chi connectivity index (χ1) is 11.7. The van der Waals surface area contributed by atoms with Crippen LogP contribution < -0.4 is 16.0 Å². The Morgan fingerprint density at radius 2 is 1.92 bits per heavy atom. The van der Waals surface area contributed by atoms with Gasteiger partial charge in [-0.3, -0.25) is 0 Å². The summed E-state index contributed by atoms with van der Waals surface area (Å²) in [6.07, 6.45) is 0. The van der Waals surface area contributed by atoms with Crippen molar-refractivity contribution in [3.63, 3.8) is 0 Å². The molecule has 0 unspecified atom stereocenters. The maximum atomic E-state index is 6.47. The van der Waals surface area contributed by atoms with Crippen molar-refractivity contribution >= 4 is 53.1 Å². The zero-order valence-corrected chi connectivity index (χ0v) is 16.2. The lowest BCUT2D eigenvalue weighted by atomic mass is 10.1. The molecule has 2 aromatic heterocycles. The normalized spacial score (nSPS) is 14.0. The van der Waals surface area contributed by atoms with E-state index in [0.29, 0.717) is 16.8 Å². The van der Waals surface area contributed by atoms with Crippen molar-refractivity contribution in [2.75, 3.05) is 31.1 Å². The fourth-order valence-electron chi connectivity index (χ4n) is 2.82. The van der Waals surface area contributed by atoms with E-state index in [9.17, 15) is 0 Å². The first kappa shape index (κ1) is 20.7. The number of nitrogens with one attached hydrogen (secondary N) is 1. The first-order valence-corrected chi connectivity index (χ1v) is 8.21. The third-order valence-electron chi connectivity index (χ3n) is 4.05. The van der Waals surface area contributed by atoms with E-state index in [4.69, 9.17) is 26.7 Å². The lowest BCUT2D eigenvalue weighted by Crippen LogP contribution is -2.44. The molecule has 26 heavy (non-hydrogen) atoms. The van der Waals surface area contributed by atoms with Gasteiger partial charge < -0.3 is 20.4 Å². The van der Waals surface area contributed by atoms with E-state index in [1.807, 2.05) is 24.3 Å². The van der Waals surface area contributed by atoms with Crippen molar-refractivity contribution in [2.24, 2.45) is 5.73 Å². The highest BCUT2D eigenvalue weighted by Gasteiger charge is 2.16. The van der Waals surface area contributed by atoms with Gasteiger partial charge in [0.25, 0.3) is 0 Å². The first-order valence-electron chi connectivity index (χ1n) is 7.83. The molecule has 0 aliphatic carbocycles. The van der Waals surface area contributed by atoms with Gasteiger partial charge in [0.2, 0.25) is 11.8 Å². The fourth-order valence-corrected chi connectivity index (χ4v) is 3.10. The number of nitrogens with zero attached hydrogens (tertiary/aromatic N) is 4. The Balaban J connectivity index is 0.00000121. The zero-order chi connectivity index (χ0) is 16.5. The Bertz CT molecular complexity index is 882. The molecule has 1 aromatic carbocycles. The standard InChI is InChI=1S/C16H17ClN6O.2ClH/c17-12-8-11-7-10(16-22-21-14(9-18)24-16)1-2-13(11)20-15(12)23-5-3-19-4-6-23;;/h1-2,7-8,19H,3-6,9,18H2;2*1H. The highest BCUT2D eigenvalue weighted by atomic mass is 35.5. The maximum absolute atomic E-state index is 6.47. The Morgan fingerprint density at radius 1 is 1.15 bits per heavy atom.